The number of fused-ring (bicyclic) bond motifs is 1. The topological polar surface area (TPSA) is 66.3 Å². The molecule has 0 radical (unpaired) electrons. The lowest BCUT2D eigenvalue weighted by atomic mass is 10.1. The van der Waals surface area contributed by atoms with E-state index in [2.05, 4.69) is 13.6 Å². The Morgan fingerprint density at radius 2 is 1.91 bits per heavy atom. The van der Waals surface area contributed by atoms with Crippen LogP contribution in [0.1, 0.15) is 21.5 Å². The van der Waals surface area contributed by atoms with E-state index in [1.165, 1.54) is 11.7 Å². The number of rotatable bonds is 5. The molecule has 0 spiro atoms. The third kappa shape index (κ3) is 3.13. The first kappa shape index (κ1) is 14.6. The number of carboxylic acids is 1. The summed E-state index contributed by atoms with van der Waals surface area (Å²) in [6.45, 7) is 1.30. The van der Waals surface area contributed by atoms with E-state index in [9.17, 15) is 9.90 Å². The Kier molecular flexibility index (Phi) is 4.13. The first-order valence-corrected chi connectivity index (χ1v) is 7.57. The Bertz CT molecular complexity index is 816. The van der Waals surface area contributed by atoms with Crippen molar-refractivity contribution in [2.45, 2.75) is 13.1 Å². The van der Waals surface area contributed by atoms with E-state index in [0.29, 0.717) is 12.1 Å². The van der Waals surface area contributed by atoms with Crippen LogP contribution in [0.5, 0.6) is 0 Å². The van der Waals surface area contributed by atoms with E-state index in [-0.39, 0.29) is 0 Å². The number of hydrogen-bond donors (Lipinski definition) is 1. The molecule has 0 fully saturated rings. The quantitative estimate of drug-likeness (QED) is 0.784. The highest BCUT2D eigenvalue weighted by molar-refractivity contribution is 7.00. The molecule has 22 heavy (non-hydrogen) atoms. The van der Waals surface area contributed by atoms with Crippen LogP contribution < -0.4 is 0 Å². The Morgan fingerprint density at radius 1 is 1.14 bits per heavy atom. The van der Waals surface area contributed by atoms with Gasteiger partial charge in [-0.15, -0.1) is 0 Å². The van der Waals surface area contributed by atoms with Gasteiger partial charge in [0.2, 0.25) is 0 Å². The molecule has 0 atom stereocenters. The SMILES string of the molecule is CN(Cc1ccc2nsnc2c1)Cc1ccccc1C(=O)O. The molecule has 3 aromatic rings. The lowest BCUT2D eigenvalue weighted by molar-refractivity contribution is 0.0694. The lowest BCUT2D eigenvalue weighted by Gasteiger charge is -2.18. The molecule has 0 aliphatic heterocycles. The van der Waals surface area contributed by atoms with E-state index in [1.807, 2.05) is 37.4 Å². The van der Waals surface area contributed by atoms with Gasteiger partial charge in [0.1, 0.15) is 11.0 Å². The second-order valence-electron chi connectivity index (χ2n) is 5.22. The van der Waals surface area contributed by atoms with Crippen LogP contribution in [0.2, 0.25) is 0 Å². The number of hydrogen-bond acceptors (Lipinski definition) is 5. The second kappa shape index (κ2) is 6.21. The number of aromatic carboxylic acids is 1. The molecule has 1 N–H and O–H groups in total. The van der Waals surface area contributed by atoms with Crippen molar-refractivity contribution in [3.05, 3.63) is 59.2 Å². The third-order valence-electron chi connectivity index (χ3n) is 3.46. The molecule has 1 aromatic heterocycles. The fourth-order valence-corrected chi connectivity index (χ4v) is 2.97. The molecule has 0 unspecified atom stereocenters. The third-order valence-corrected chi connectivity index (χ3v) is 4.02. The summed E-state index contributed by atoms with van der Waals surface area (Å²) in [5.74, 6) is -0.890. The summed E-state index contributed by atoms with van der Waals surface area (Å²) >= 11 is 1.21. The van der Waals surface area contributed by atoms with Crippen molar-refractivity contribution in [1.82, 2.24) is 13.6 Å². The van der Waals surface area contributed by atoms with Crippen LogP contribution in [0.3, 0.4) is 0 Å². The Balaban J connectivity index is 1.74. The van der Waals surface area contributed by atoms with Crippen molar-refractivity contribution >= 4 is 28.7 Å². The predicted octanol–water partition coefficient (Wildman–Crippen LogP) is 3.02. The van der Waals surface area contributed by atoms with Crippen LogP contribution in [-0.4, -0.2) is 31.8 Å². The van der Waals surface area contributed by atoms with Gasteiger partial charge >= 0.3 is 5.97 Å². The maximum Gasteiger partial charge on any atom is 0.336 e. The second-order valence-corrected chi connectivity index (χ2v) is 5.75. The van der Waals surface area contributed by atoms with Gasteiger partial charge in [0, 0.05) is 13.1 Å². The summed E-state index contributed by atoms with van der Waals surface area (Å²) in [5, 5.41) is 9.23. The number of carbonyl (C=O) groups is 1. The summed E-state index contributed by atoms with van der Waals surface area (Å²) in [5.41, 5.74) is 4.12. The van der Waals surface area contributed by atoms with Crippen molar-refractivity contribution in [2.24, 2.45) is 0 Å². The fourth-order valence-electron chi connectivity index (χ4n) is 2.45. The zero-order chi connectivity index (χ0) is 15.5. The average Bonchev–Trinajstić information content (AvgIpc) is 2.95. The minimum atomic E-state index is -0.890. The Labute approximate surface area is 132 Å². The van der Waals surface area contributed by atoms with Gasteiger partial charge in [0.05, 0.1) is 17.3 Å². The summed E-state index contributed by atoms with van der Waals surface area (Å²) in [4.78, 5) is 13.3. The van der Waals surface area contributed by atoms with E-state index in [1.54, 1.807) is 12.1 Å². The first-order chi connectivity index (χ1) is 10.6. The molecular weight excluding hydrogens is 298 g/mol. The summed E-state index contributed by atoms with van der Waals surface area (Å²) in [6, 6.07) is 13.1. The monoisotopic (exact) mass is 313 g/mol. The van der Waals surface area contributed by atoms with Gasteiger partial charge in [-0.1, -0.05) is 24.3 Å². The van der Waals surface area contributed by atoms with E-state index >= 15 is 0 Å². The zero-order valence-electron chi connectivity index (χ0n) is 12.1. The van der Waals surface area contributed by atoms with Crippen LogP contribution in [0.4, 0.5) is 0 Å². The van der Waals surface area contributed by atoms with Crippen molar-refractivity contribution in [3.8, 4) is 0 Å². The molecule has 0 bridgehead atoms. The number of carboxylic acid groups (broad SMARTS) is 1. The Hall–Kier alpha value is -2.31. The van der Waals surface area contributed by atoms with Crippen LogP contribution in [0.15, 0.2) is 42.5 Å². The fraction of sp³-hybridized carbons (Fsp3) is 0.188. The molecule has 2 aromatic carbocycles. The smallest absolute Gasteiger partial charge is 0.336 e. The minimum Gasteiger partial charge on any atom is -0.478 e. The van der Waals surface area contributed by atoms with Gasteiger partial charge < -0.3 is 5.11 Å². The molecule has 0 saturated heterocycles. The van der Waals surface area contributed by atoms with Crippen molar-refractivity contribution in [1.29, 1.82) is 0 Å². The maximum atomic E-state index is 11.2. The van der Waals surface area contributed by atoms with Crippen molar-refractivity contribution in [2.75, 3.05) is 7.05 Å². The van der Waals surface area contributed by atoms with Gasteiger partial charge in [-0.2, -0.15) is 8.75 Å². The van der Waals surface area contributed by atoms with Gasteiger partial charge in [0.15, 0.2) is 0 Å². The highest BCUT2D eigenvalue weighted by atomic mass is 32.1. The van der Waals surface area contributed by atoms with Crippen LogP contribution in [-0.2, 0) is 13.1 Å². The highest BCUT2D eigenvalue weighted by Crippen LogP contribution is 2.16. The first-order valence-electron chi connectivity index (χ1n) is 6.84. The molecule has 5 nitrogen and oxygen atoms in total. The van der Waals surface area contributed by atoms with Gasteiger partial charge in [-0.25, -0.2) is 4.79 Å². The molecule has 6 heteroatoms. The van der Waals surface area contributed by atoms with Crippen LogP contribution >= 0.6 is 11.7 Å². The largest absolute Gasteiger partial charge is 0.478 e. The molecule has 0 aliphatic carbocycles. The highest BCUT2D eigenvalue weighted by Gasteiger charge is 2.11. The minimum absolute atomic E-state index is 0.355. The predicted molar refractivity (Wildman–Crippen MR) is 86.0 cm³/mol. The molecule has 0 aliphatic rings. The lowest BCUT2D eigenvalue weighted by Crippen LogP contribution is -2.19. The Morgan fingerprint density at radius 3 is 2.73 bits per heavy atom. The number of benzene rings is 2. The summed E-state index contributed by atoms with van der Waals surface area (Å²) < 4.78 is 8.43. The van der Waals surface area contributed by atoms with E-state index in [4.69, 9.17) is 0 Å². The van der Waals surface area contributed by atoms with Crippen molar-refractivity contribution in [3.63, 3.8) is 0 Å². The number of aromatic nitrogens is 2. The summed E-state index contributed by atoms with van der Waals surface area (Å²) in [7, 11) is 1.97. The molecule has 0 saturated carbocycles. The van der Waals surface area contributed by atoms with Crippen molar-refractivity contribution < 1.29 is 9.90 Å². The van der Waals surface area contributed by atoms with E-state index < -0.39 is 5.97 Å². The molecule has 1 heterocycles. The number of nitrogens with zero attached hydrogens (tertiary/aromatic N) is 3. The molecule has 112 valence electrons. The van der Waals surface area contributed by atoms with Gasteiger partial charge in [-0.05, 0) is 36.4 Å². The van der Waals surface area contributed by atoms with Crippen LogP contribution in [0, 0.1) is 0 Å². The zero-order valence-corrected chi connectivity index (χ0v) is 12.9. The van der Waals surface area contributed by atoms with Crippen LogP contribution in [0.25, 0.3) is 11.0 Å². The molecular formula is C16H15N3O2S. The molecule has 3 rings (SSSR count). The standard InChI is InChI=1S/C16H15N3O2S/c1-19(10-12-4-2-3-5-13(12)16(20)21)9-11-6-7-14-15(8-11)18-22-17-14/h2-8H,9-10H2,1H3,(H,20,21). The normalized spacial score (nSPS) is 11.2. The molecule has 0 amide bonds. The van der Waals surface area contributed by atoms with Gasteiger partial charge in [0.25, 0.3) is 0 Å². The maximum absolute atomic E-state index is 11.2. The summed E-state index contributed by atoms with van der Waals surface area (Å²) in [6.07, 6.45) is 0. The van der Waals surface area contributed by atoms with Gasteiger partial charge in [-0.3, -0.25) is 4.90 Å². The average molecular weight is 313 g/mol. The van der Waals surface area contributed by atoms with E-state index in [0.717, 1.165) is 28.7 Å².